The predicted molar refractivity (Wildman–Crippen MR) is 82.4 cm³/mol. The highest BCUT2D eigenvalue weighted by Gasteiger charge is 2.45. The fourth-order valence-electron chi connectivity index (χ4n) is 2.88. The van der Waals surface area contributed by atoms with Crippen molar-refractivity contribution in [2.75, 3.05) is 19.8 Å². The van der Waals surface area contributed by atoms with E-state index in [1.165, 1.54) is 24.0 Å². The summed E-state index contributed by atoms with van der Waals surface area (Å²) >= 11 is 0. The number of hydrogen-bond acceptors (Lipinski definition) is 3. The molecule has 1 saturated carbocycles. The molecule has 0 aliphatic heterocycles. The van der Waals surface area contributed by atoms with Crippen molar-refractivity contribution >= 4 is 0 Å². The molecule has 20 heavy (non-hydrogen) atoms. The number of rotatable bonds is 7. The van der Waals surface area contributed by atoms with Crippen molar-refractivity contribution in [2.45, 2.75) is 46.1 Å². The standard InChI is InChI=1S/C17H27NO2/c1-5-18-17(10-19,15-8-9-15)11-20-16-13(3)7-6-12(2)14(16)4/h6-7,15,18-19H,5,8-11H2,1-4H3. The number of hydrogen-bond donors (Lipinski definition) is 2. The van der Waals surface area contributed by atoms with E-state index in [9.17, 15) is 5.11 Å². The summed E-state index contributed by atoms with van der Waals surface area (Å²) in [5.74, 6) is 1.51. The second-order valence-electron chi connectivity index (χ2n) is 6.06. The Labute approximate surface area is 122 Å². The van der Waals surface area contributed by atoms with E-state index in [1.807, 2.05) is 0 Å². The normalized spacial score (nSPS) is 17.9. The summed E-state index contributed by atoms with van der Waals surface area (Å²) in [5, 5.41) is 13.3. The van der Waals surface area contributed by atoms with Crippen molar-refractivity contribution in [3.05, 3.63) is 28.8 Å². The van der Waals surface area contributed by atoms with Crippen LogP contribution in [-0.4, -0.2) is 30.4 Å². The maximum absolute atomic E-state index is 9.85. The van der Waals surface area contributed by atoms with Crippen molar-refractivity contribution in [3.63, 3.8) is 0 Å². The molecule has 2 N–H and O–H groups in total. The predicted octanol–water partition coefficient (Wildman–Crippen LogP) is 2.74. The van der Waals surface area contributed by atoms with Crippen molar-refractivity contribution in [3.8, 4) is 5.75 Å². The number of nitrogens with one attached hydrogen (secondary N) is 1. The lowest BCUT2D eigenvalue weighted by molar-refractivity contribution is 0.0857. The van der Waals surface area contributed by atoms with Gasteiger partial charge in [-0.1, -0.05) is 19.1 Å². The van der Waals surface area contributed by atoms with E-state index >= 15 is 0 Å². The molecule has 1 aliphatic carbocycles. The van der Waals surface area contributed by atoms with Crippen molar-refractivity contribution in [1.82, 2.24) is 5.32 Å². The highest BCUT2D eigenvalue weighted by molar-refractivity contribution is 5.44. The minimum absolute atomic E-state index is 0.134. The van der Waals surface area contributed by atoms with Gasteiger partial charge in [0.2, 0.25) is 0 Å². The van der Waals surface area contributed by atoms with Gasteiger partial charge in [-0.15, -0.1) is 0 Å². The van der Waals surface area contributed by atoms with Crippen LogP contribution in [0.15, 0.2) is 12.1 Å². The Kier molecular flexibility index (Phi) is 4.71. The second kappa shape index (κ2) is 6.15. The average Bonchev–Trinajstić information content (AvgIpc) is 3.27. The van der Waals surface area contributed by atoms with E-state index in [1.54, 1.807) is 0 Å². The van der Waals surface area contributed by atoms with Gasteiger partial charge in [-0.3, -0.25) is 0 Å². The van der Waals surface area contributed by atoms with Crippen LogP contribution < -0.4 is 10.1 Å². The summed E-state index contributed by atoms with van der Waals surface area (Å²) in [6.07, 6.45) is 2.37. The summed E-state index contributed by atoms with van der Waals surface area (Å²) in [4.78, 5) is 0. The van der Waals surface area contributed by atoms with Crippen LogP contribution in [0.4, 0.5) is 0 Å². The minimum atomic E-state index is -0.280. The van der Waals surface area contributed by atoms with E-state index in [0.29, 0.717) is 12.5 Å². The average molecular weight is 277 g/mol. The maximum atomic E-state index is 9.85. The number of benzene rings is 1. The first-order chi connectivity index (χ1) is 9.54. The van der Waals surface area contributed by atoms with Crippen LogP contribution in [0.1, 0.15) is 36.5 Å². The van der Waals surface area contributed by atoms with E-state index in [0.717, 1.165) is 17.9 Å². The van der Waals surface area contributed by atoms with Gasteiger partial charge in [0.1, 0.15) is 12.4 Å². The SMILES string of the molecule is CCNC(CO)(COc1c(C)ccc(C)c1C)C1CC1. The quantitative estimate of drug-likeness (QED) is 0.805. The molecule has 1 fully saturated rings. The molecular weight excluding hydrogens is 250 g/mol. The number of aliphatic hydroxyl groups is 1. The van der Waals surface area contributed by atoms with Crippen molar-refractivity contribution in [2.24, 2.45) is 5.92 Å². The third-order valence-electron chi connectivity index (χ3n) is 4.52. The number of ether oxygens (including phenoxy) is 1. The Hall–Kier alpha value is -1.06. The first kappa shape index (κ1) is 15.3. The first-order valence-corrected chi connectivity index (χ1v) is 7.59. The van der Waals surface area contributed by atoms with Gasteiger partial charge in [0.05, 0.1) is 12.1 Å². The largest absolute Gasteiger partial charge is 0.491 e. The molecule has 0 aromatic heterocycles. The van der Waals surface area contributed by atoms with Gasteiger partial charge in [-0.25, -0.2) is 0 Å². The second-order valence-corrected chi connectivity index (χ2v) is 6.06. The third-order valence-corrected chi connectivity index (χ3v) is 4.52. The Morgan fingerprint density at radius 1 is 1.25 bits per heavy atom. The Morgan fingerprint density at radius 3 is 2.45 bits per heavy atom. The maximum Gasteiger partial charge on any atom is 0.125 e. The summed E-state index contributed by atoms with van der Waals surface area (Å²) in [5.41, 5.74) is 3.32. The lowest BCUT2D eigenvalue weighted by Crippen LogP contribution is -2.55. The van der Waals surface area contributed by atoms with Gasteiger partial charge < -0.3 is 15.2 Å². The molecular formula is C17H27NO2. The summed E-state index contributed by atoms with van der Waals surface area (Å²) in [6, 6.07) is 4.23. The van der Waals surface area contributed by atoms with E-state index in [2.05, 4.69) is 45.1 Å². The van der Waals surface area contributed by atoms with Gasteiger partial charge in [-0.2, -0.15) is 0 Å². The molecule has 3 nitrogen and oxygen atoms in total. The molecule has 0 bridgehead atoms. The zero-order valence-corrected chi connectivity index (χ0v) is 13.1. The molecule has 3 heteroatoms. The molecule has 2 rings (SSSR count). The first-order valence-electron chi connectivity index (χ1n) is 7.59. The van der Waals surface area contributed by atoms with Crippen molar-refractivity contribution in [1.29, 1.82) is 0 Å². The number of aryl methyl sites for hydroxylation is 2. The van der Waals surface area contributed by atoms with E-state index in [-0.39, 0.29) is 12.1 Å². The third kappa shape index (κ3) is 2.99. The van der Waals surface area contributed by atoms with Gasteiger partial charge in [0.25, 0.3) is 0 Å². The topological polar surface area (TPSA) is 41.5 Å². The molecule has 0 saturated heterocycles. The molecule has 1 aromatic rings. The molecule has 1 aliphatic rings. The van der Waals surface area contributed by atoms with Crippen LogP contribution >= 0.6 is 0 Å². The lowest BCUT2D eigenvalue weighted by Gasteiger charge is -2.33. The van der Waals surface area contributed by atoms with Gasteiger partial charge in [-0.05, 0) is 62.8 Å². The highest BCUT2D eigenvalue weighted by atomic mass is 16.5. The van der Waals surface area contributed by atoms with Gasteiger partial charge in [0, 0.05) is 0 Å². The van der Waals surface area contributed by atoms with Gasteiger partial charge >= 0.3 is 0 Å². The van der Waals surface area contributed by atoms with Crippen LogP contribution in [0.5, 0.6) is 5.75 Å². The number of likely N-dealkylation sites (N-methyl/N-ethyl adjacent to an activating group) is 1. The Bertz CT molecular complexity index is 468. The van der Waals surface area contributed by atoms with Crippen LogP contribution in [0.3, 0.4) is 0 Å². The molecule has 1 aromatic carbocycles. The zero-order valence-electron chi connectivity index (χ0n) is 13.1. The van der Waals surface area contributed by atoms with Crippen LogP contribution in [0.25, 0.3) is 0 Å². The van der Waals surface area contributed by atoms with Crippen LogP contribution in [0, 0.1) is 26.7 Å². The smallest absolute Gasteiger partial charge is 0.125 e. The molecule has 1 unspecified atom stereocenters. The molecule has 0 radical (unpaired) electrons. The molecule has 0 spiro atoms. The summed E-state index contributed by atoms with van der Waals surface area (Å²) in [6.45, 7) is 9.88. The monoisotopic (exact) mass is 277 g/mol. The number of aliphatic hydroxyl groups excluding tert-OH is 1. The lowest BCUT2D eigenvalue weighted by atomic mass is 9.95. The van der Waals surface area contributed by atoms with Crippen molar-refractivity contribution < 1.29 is 9.84 Å². The van der Waals surface area contributed by atoms with Crippen LogP contribution in [0.2, 0.25) is 0 Å². The molecule has 1 atom stereocenters. The van der Waals surface area contributed by atoms with Crippen LogP contribution in [-0.2, 0) is 0 Å². The summed E-state index contributed by atoms with van der Waals surface area (Å²) < 4.78 is 6.14. The zero-order chi connectivity index (χ0) is 14.8. The Morgan fingerprint density at radius 2 is 1.90 bits per heavy atom. The fraction of sp³-hybridized carbons (Fsp3) is 0.647. The fourth-order valence-corrected chi connectivity index (χ4v) is 2.88. The molecule has 0 amide bonds. The minimum Gasteiger partial charge on any atom is -0.491 e. The highest BCUT2D eigenvalue weighted by Crippen LogP contribution is 2.40. The Balaban J connectivity index is 2.15. The van der Waals surface area contributed by atoms with E-state index in [4.69, 9.17) is 4.74 Å². The van der Waals surface area contributed by atoms with Gasteiger partial charge in [0.15, 0.2) is 0 Å². The summed E-state index contributed by atoms with van der Waals surface area (Å²) in [7, 11) is 0. The molecule has 112 valence electrons. The molecule has 0 heterocycles. The van der Waals surface area contributed by atoms with E-state index < -0.39 is 0 Å².